The Labute approximate surface area is 107 Å². The van der Waals surface area contributed by atoms with Crippen molar-refractivity contribution >= 4 is 23.5 Å². The monoisotopic (exact) mass is 267 g/mol. The molecule has 2 aromatic rings. The molecule has 0 aliphatic rings. The Hall–Kier alpha value is -1.94. The maximum Gasteiger partial charge on any atom is 0.219 e. The largest absolute Gasteiger partial charge is 0.618 e. The third-order valence-electron chi connectivity index (χ3n) is 2.28. The summed E-state index contributed by atoms with van der Waals surface area (Å²) in [5.41, 5.74) is 0.493. The molecule has 0 fully saturated rings. The summed E-state index contributed by atoms with van der Waals surface area (Å²) < 4.78 is 26.2. The van der Waals surface area contributed by atoms with Crippen molar-refractivity contribution in [2.45, 2.75) is 0 Å². The summed E-state index contributed by atoms with van der Waals surface area (Å²) in [5, 5.41) is 11.9. The van der Waals surface area contributed by atoms with E-state index in [9.17, 15) is 14.0 Å². The van der Waals surface area contributed by atoms with E-state index in [2.05, 4.69) is 0 Å². The predicted octanol–water partition coefficient (Wildman–Crippen LogP) is 3.88. The van der Waals surface area contributed by atoms with Crippen LogP contribution in [0.15, 0.2) is 42.5 Å². The quantitative estimate of drug-likeness (QED) is 0.351. The summed E-state index contributed by atoms with van der Waals surface area (Å²) in [4.78, 5) is 0. The van der Waals surface area contributed by atoms with E-state index in [1.165, 1.54) is 30.3 Å². The molecule has 18 heavy (non-hydrogen) atoms. The van der Waals surface area contributed by atoms with Gasteiger partial charge in [0.25, 0.3) is 0 Å². The molecule has 2 rings (SSSR count). The molecule has 0 aliphatic carbocycles. The van der Waals surface area contributed by atoms with Gasteiger partial charge in [0, 0.05) is 12.1 Å². The Kier molecular flexibility index (Phi) is 3.58. The molecule has 2 nitrogen and oxygen atoms in total. The van der Waals surface area contributed by atoms with Gasteiger partial charge in [-0.25, -0.2) is 8.78 Å². The van der Waals surface area contributed by atoms with Gasteiger partial charge in [0.15, 0.2) is 6.21 Å². The topological polar surface area (TPSA) is 26.1 Å². The van der Waals surface area contributed by atoms with Crippen molar-refractivity contribution in [3.05, 3.63) is 69.9 Å². The van der Waals surface area contributed by atoms with Gasteiger partial charge in [-0.3, -0.25) is 0 Å². The van der Waals surface area contributed by atoms with E-state index in [0.29, 0.717) is 10.3 Å². The van der Waals surface area contributed by atoms with Crippen molar-refractivity contribution in [2.75, 3.05) is 0 Å². The van der Waals surface area contributed by atoms with Gasteiger partial charge in [-0.2, -0.15) is 4.74 Å². The van der Waals surface area contributed by atoms with Crippen molar-refractivity contribution in [3.63, 3.8) is 0 Å². The first-order valence-corrected chi connectivity index (χ1v) is 5.46. The molecule has 92 valence electrons. The molecule has 0 unspecified atom stereocenters. The highest BCUT2D eigenvalue weighted by Crippen LogP contribution is 2.17. The van der Waals surface area contributed by atoms with Crippen LogP contribution < -0.4 is 0 Å². The highest BCUT2D eigenvalue weighted by Gasteiger charge is 2.06. The molecule has 0 saturated carbocycles. The molecule has 0 atom stereocenters. The molecule has 0 N–H and O–H groups in total. The minimum Gasteiger partial charge on any atom is -0.618 e. The van der Waals surface area contributed by atoms with E-state index >= 15 is 0 Å². The predicted molar refractivity (Wildman–Crippen MR) is 66.3 cm³/mol. The average molecular weight is 268 g/mol. The number of nitrogens with zero attached hydrogens (tertiary/aromatic N) is 1. The van der Waals surface area contributed by atoms with E-state index in [-0.39, 0.29) is 10.7 Å². The second-order valence-electron chi connectivity index (χ2n) is 3.60. The first kappa shape index (κ1) is 12.5. The first-order valence-electron chi connectivity index (χ1n) is 5.08. The van der Waals surface area contributed by atoms with E-state index in [1.54, 1.807) is 0 Å². The van der Waals surface area contributed by atoms with Gasteiger partial charge in [0.05, 0.1) is 10.6 Å². The molecule has 0 spiro atoms. The lowest BCUT2D eigenvalue weighted by atomic mass is 10.2. The van der Waals surface area contributed by atoms with Crippen molar-refractivity contribution in [1.82, 2.24) is 0 Å². The van der Waals surface area contributed by atoms with Gasteiger partial charge >= 0.3 is 0 Å². The second kappa shape index (κ2) is 5.14. The molecule has 0 saturated heterocycles. The second-order valence-corrected chi connectivity index (χ2v) is 4.01. The van der Waals surface area contributed by atoms with Gasteiger partial charge in [-0.05, 0) is 24.3 Å². The summed E-state index contributed by atoms with van der Waals surface area (Å²) in [6.45, 7) is 0. The van der Waals surface area contributed by atoms with Gasteiger partial charge in [-0.15, -0.1) is 0 Å². The number of hydrogen-bond acceptors (Lipinski definition) is 1. The van der Waals surface area contributed by atoms with Crippen molar-refractivity contribution in [1.29, 1.82) is 0 Å². The Morgan fingerprint density at radius 2 is 1.78 bits per heavy atom. The van der Waals surface area contributed by atoms with E-state index in [4.69, 9.17) is 11.6 Å². The van der Waals surface area contributed by atoms with E-state index < -0.39 is 11.6 Å². The van der Waals surface area contributed by atoms with Crippen LogP contribution in [0.3, 0.4) is 0 Å². The fraction of sp³-hybridized carbons (Fsp3) is 0. The zero-order valence-electron chi connectivity index (χ0n) is 9.11. The maximum atomic E-state index is 12.9. The summed E-state index contributed by atoms with van der Waals surface area (Å²) in [7, 11) is 0. The average Bonchev–Trinajstić information content (AvgIpc) is 2.32. The van der Waals surface area contributed by atoms with Crippen molar-refractivity contribution in [3.8, 4) is 0 Å². The van der Waals surface area contributed by atoms with E-state index in [1.807, 2.05) is 0 Å². The molecule has 0 aliphatic heterocycles. The maximum absolute atomic E-state index is 12.9. The fourth-order valence-electron chi connectivity index (χ4n) is 1.42. The molecule has 0 aromatic heterocycles. The van der Waals surface area contributed by atoms with Crippen LogP contribution in [0, 0.1) is 16.8 Å². The summed E-state index contributed by atoms with van der Waals surface area (Å²) in [5.74, 6) is -0.993. The normalized spacial score (nSPS) is 11.6. The highest BCUT2D eigenvalue weighted by molar-refractivity contribution is 6.32. The van der Waals surface area contributed by atoms with Crippen LogP contribution in [0.5, 0.6) is 0 Å². The molecule has 2 aromatic carbocycles. The molecule has 0 bridgehead atoms. The Morgan fingerprint density at radius 1 is 1.06 bits per heavy atom. The lowest BCUT2D eigenvalue weighted by Gasteiger charge is -2.03. The molecular formula is C13H8ClF2NO. The van der Waals surface area contributed by atoms with Crippen LogP contribution in [-0.2, 0) is 0 Å². The summed E-state index contributed by atoms with van der Waals surface area (Å²) in [6.07, 6.45) is 1.16. The molecule has 0 heterocycles. The van der Waals surface area contributed by atoms with Crippen LogP contribution in [0.4, 0.5) is 14.5 Å². The van der Waals surface area contributed by atoms with Crippen LogP contribution >= 0.6 is 11.6 Å². The zero-order valence-corrected chi connectivity index (χ0v) is 9.86. The molecular weight excluding hydrogens is 260 g/mol. The van der Waals surface area contributed by atoms with Gasteiger partial charge < -0.3 is 5.21 Å². The first-order chi connectivity index (χ1) is 8.56. The van der Waals surface area contributed by atoms with E-state index in [0.717, 1.165) is 18.3 Å². The number of rotatable bonds is 2. The lowest BCUT2D eigenvalue weighted by molar-refractivity contribution is -0.354. The third-order valence-corrected chi connectivity index (χ3v) is 2.61. The number of halogens is 3. The van der Waals surface area contributed by atoms with Crippen LogP contribution in [0.25, 0.3) is 0 Å². The highest BCUT2D eigenvalue weighted by atomic mass is 35.5. The SMILES string of the molecule is [O-][N+](=Cc1ccc(F)cc1Cl)c1cccc(F)c1. The van der Waals surface area contributed by atoms with Crippen molar-refractivity contribution in [2.24, 2.45) is 0 Å². The summed E-state index contributed by atoms with van der Waals surface area (Å²) >= 11 is 5.78. The Balaban J connectivity index is 2.38. The smallest absolute Gasteiger partial charge is 0.219 e. The van der Waals surface area contributed by atoms with Gasteiger partial charge in [-0.1, -0.05) is 17.7 Å². The standard InChI is InChI=1S/C13H8ClF2NO/c14-13-7-11(16)5-4-9(13)8-17(18)12-3-1-2-10(15)6-12/h1-8H. The molecule has 0 radical (unpaired) electrons. The number of benzene rings is 2. The number of hydrogen-bond donors (Lipinski definition) is 0. The molecule has 0 amide bonds. The van der Waals surface area contributed by atoms with Gasteiger partial charge in [0.1, 0.15) is 11.6 Å². The van der Waals surface area contributed by atoms with Crippen LogP contribution in [-0.4, -0.2) is 11.0 Å². The minimum absolute atomic E-state index is 0.118. The van der Waals surface area contributed by atoms with Gasteiger partial charge in [0.2, 0.25) is 5.69 Å². The van der Waals surface area contributed by atoms with Crippen LogP contribution in [0.1, 0.15) is 5.56 Å². The Morgan fingerprint density at radius 3 is 2.44 bits per heavy atom. The fourth-order valence-corrected chi connectivity index (χ4v) is 1.64. The zero-order chi connectivity index (χ0) is 13.1. The third kappa shape index (κ3) is 2.84. The van der Waals surface area contributed by atoms with Crippen LogP contribution in [0.2, 0.25) is 5.02 Å². The lowest BCUT2D eigenvalue weighted by Crippen LogP contribution is -2.00. The Bertz CT molecular complexity index is 614. The minimum atomic E-state index is -0.507. The molecule has 5 heteroatoms. The summed E-state index contributed by atoms with van der Waals surface area (Å²) in [6, 6.07) is 8.90. The van der Waals surface area contributed by atoms with Crippen molar-refractivity contribution < 1.29 is 13.5 Å².